The molecular weight excluding hydrogens is 261 g/mol. The minimum atomic E-state index is -0.879. The van der Waals surface area contributed by atoms with Crippen LogP contribution in [-0.2, 0) is 15.0 Å². The summed E-state index contributed by atoms with van der Waals surface area (Å²) in [7, 11) is 1.63. The third-order valence-corrected chi connectivity index (χ3v) is 3.31. The summed E-state index contributed by atoms with van der Waals surface area (Å²) >= 11 is 0. The molecule has 0 aliphatic carbocycles. The number of halogens is 1. The molecule has 4 nitrogen and oxygen atoms in total. The largest absolute Gasteiger partial charge is 0.481 e. The van der Waals surface area contributed by atoms with E-state index >= 15 is 0 Å². The van der Waals surface area contributed by atoms with E-state index < -0.39 is 11.4 Å². The summed E-state index contributed by atoms with van der Waals surface area (Å²) in [5, 5.41) is 8.59. The Bertz CT molecular complexity index is 500. The van der Waals surface area contributed by atoms with Gasteiger partial charge in [0.05, 0.1) is 5.41 Å². The molecule has 0 saturated heterocycles. The Hall–Kier alpha value is -1.91. The highest BCUT2D eigenvalue weighted by molar-refractivity contribution is 5.87. The average Bonchev–Trinajstić information content (AvgIpc) is 2.37. The Labute approximate surface area is 118 Å². The summed E-state index contributed by atoms with van der Waals surface area (Å²) in [6.45, 7) is 3.83. The van der Waals surface area contributed by atoms with Gasteiger partial charge in [-0.1, -0.05) is 12.1 Å². The van der Waals surface area contributed by atoms with Gasteiger partial charge in [0, 0.05) is 20.0 Å². The number of rotatable bonds is 6. The Balaban J connectivity index is 2.76. The molecule has 0 radical (unpaired) electrons. The molecule has 1 N–H and O–H groups in total. The normalized spacial score (nSPS) is 11.2. The molecule has 1 aromatic carbocycles. The van der Waals surface area contributed by atoms with Crippen molar-refractivity contribution in [3.05, 3.63) is 35.6 Å². The van der Waals surface area contributed by atoms with Crippen LogP contribution in [0.4, 0.5) is 4.39 Å². The van der Waals surface area contributed by atoms with Gasteiger partial charge in [-0.2, -0.15) is 0 Å². The molecule has 110 valence electrons. The second kappa shape index (κ2) is 6.50. The third-order valence-electron chi connectivity index (χ3n) is 3.31. The number of carboxylic acids is 1. The number of amides is 1. The van der Waals surface area contributed by atoms with Gasteiger partial charge in [0.15, 0.2) is 0 Å². The van der Waals surface area contributed by atoms with Crippen molar-refractivity contribution in [2.45, 2.75) is 32.1 Å². The van der Waals surface area contributed by atoms with Crippen molar-refractivity contribution >= 4 is 11.9 Å². The van der Waals surface area contributed by atoms with E-state index in [-0.39, 0.29) is 18.1 Å². The topological polar surface area (TPSA) is 57.6 Å². The molecule has 20 heavy (non-hydrogen) atoms. The molecule has 5 heteroatoms. The van der Waals surface area contributed by atoms with Gasteiger partial charge in [0.1, 0.15) is 5.82 Å². The number of likely N-dealkylation sites (N-methyl/N-ethyl adjacent to an activating group) is 1. The molecule has 0 spiro atoms. The summed E-state index contributed by atoms with van der Waals surface area (Å²) in [5.41, 5.74) is -0.243. The van der Waals surface area contributed by atoms with Crippen molar-refractivity contribution in [1.29, 1.82) is 0 Å². The molecule has 1 aromatic rings. The standard InChI is InChI=1S/C15H20FNO3/c1-15(2,11-6-4-7-12(16)10-11)14(20)17(3)9-5-8-13(18)19/h4,6-7,10H,5,8-9H2,1-3H3,(H,18,19). The van der Waals surface area contributed by atoms with Gasteiger partial charge in [-0.25, -0.2) is 4.39 Å². The third kappa shape index (κ3) is 4.05. The van der Waals surface area contributed by atoms with Gasteiger partial charge in [0.2, 0.25) is 5.91 Å². The zero-order valence-corrected chi connectivity index (χ0v) is 12.0. The maximum absolute atomic E-state index is 13.3. The van der Waals surface area contributed by atoms with Crippen LogP contribution >= 0.6 is 0 Å². The van der Waals surface area contributed by atoms with Crippen molar-refractivity contribution in [2.24, 2.45) is 0 Å². The SMILES string of the molecule is CN(CCCC(=O)O)C(=O)C(C)(C)c1cccc(F)c1. The number of hydrogen-bond donors (Lipinski definition) is 1. The van der Waals surface area contributed by atoms with Gasteiger partial charge in [-0.15, -0.1) is 0 Å². The lowest BCUT2D eigenvalue weighted by molar-refractivity contribution is -0.139. The molecule has 0 aliphatic rings. The Morgan fingerprint density at radius 3 is 2.55 bits per heavy atom. The van der Waals surface area contributed by atoms with Crippen LogP contribution in [0.3, 0.4) is 0 Å². The van der Waals surface area contributed by atoms with Gasteiger partial charge >= 0.3 is 5.97 Å². The smallest absolute Gasteiger partial charge is 0.303 e. The van der Waals surface area contributed by atoms with Crippen LogP contribution in [0, 0.1) is 5.82 Å². The number of benzene rings is 1. The Morgan fingerprint density at radius 1 is 1.35 bits per heavy atom. The highest BCUT2D eigenvalue weighted by Gasteiger charge is 2.32. The van der Waals surface area contributed by atoms with E-state index in [1.54, 1.807) is 33.0 Å². The van der Waals surface area contributed by atoms with E-state index in [0.29, 0.717) is 18.5 Å². The highest BCUT2D eigenvalue weighted by Crippen LogP contribution is 2.26. The fraction of sp³-hybridized carbons (Fsp3) is 0.467. The molecule has 1 rings (SSSR count). The molecule has 0 fully saturated rings. The van der Waals surface area contributed by atoms with Gasteiger partial charge < -0.3 is 10.0 Å². The van der Waals surface area contributed by atoms with Crippen molar-refractivity contribution in [3.63, 3.8) is 0 Å². The predicted octanol–water partition coefficient (Wildman–Crippen LogP) is 2.43. The van der Waals surface area contributed by atoms with Crippen molar-refractivity contribution in [3.8, 4) is 0 Å². The lowest BCUT2D eigenvalue weighted by atomic mass is 9.83. The van der Waals surface area contributed by atoms with Crippen LogP contribution in [0.15, 0.2) is 24.3 Å². The Kier molecular flexibility index (Phi) is 5.25. The molecule has 0 aromatic heterocycles. The minimum absolute atomic E-state index is 0.0258. The fourth-order valence-corrected chi connectivity index (χ4v) is 2.05. The summed E-state index contributed by atoms with van der Waals surface area (Å²) < 4.78 is 13.3. The highest BCUT2D eigenvalue weighted by atomic mass is 19.1. The number of aliphatic carboxylic acids is 1. The molecular formula is C15H20FNO3. The predicted molar refractivity (Wildman–Crippen MR) is 73.9 cm³/mol. The number of carbonyl (C=O) groups is 2. The van der Waals surface area contributed by atoms with E-state index in [0.717, 1.165) is 0 Å². The lowest BCUT2D eigenvalue weighted by Crippen LogP contribution is -2.41. The Morgan fingerprint density at radius 2 is 2.00 bits per heavy atom. The summed E-state index contributed by atoms with van der Waals surface area (Å²) in [5.74, 6) is -1.42. The second-order valence-corrected chi connectivity index (χ2v) is 5.36. The maximum atomic E-state index is 13.3. The fourth-order valence-electron chi connectivity index (χ4n) is 2.05. The second-order valence-electron chi connectivity index (χ2n) is 5.36. The molecule has 0 aliphatic heterocycles. The van der Waals surface area contributed by atoms with Crippen LogP contribution in [0.1, 0.15) is 32.3 Å². The molecule has 1 amide bonds. The van der Waals surface area contributed by atoms with Crippen LogP contribution in [0.2, 0.25) is 0 Å². The zero-order valence-electron chi connectivity index (χ0n) is 12.0. The van der Waals surface area contributed by atoms with E-state index in [1.807, 2.05) is 0 Å². The van der Waals surface area contributed by atoms with E-state index in [9.17, 15) is 14.0 Å². The summed E-state index contributed by atoms with van der Waals surface area (Å²) in [6, 6.07) is 5.97. The maximum Gasteiger partial charge on any atom is 0.303 e. The molecule has 0 heterocycles. The quantitative estimate of drug-likeness (QED) is 0.871. The first-order valence-corrected chi connectivity index (χ1v) is 6.48. The number of carboxylic acid groups (broad SMARTS) is 1. The molecule has 0 atom stereocenters. The minimum Gasteiger partial charge on any atom is -0.481 e. The van der Waals surface area contributed by atoms with Gasteiger partial charge in [0.25, 0.3) is 0 Å². The molecule has 0 saturated carbocycles. The first-order chi connectivity index (χ1) is 9.25. The van der Waals surface area contributed by atoms with E-state index in [2.05, 4.69) is 0 Å². The van der Waals surface area contributed by atoms with Crippen LogP contribution < -0.4 is 0 Å². The molecule has 0 bridgehead atoms. The number of nitrogens with zero attached hydrogens (tertiary/aromatic N) is 1. The van der Waals surface area contributed by atoms with Crippen LogP contribution in [0.25, 0.3) is 0 Å². The first kappa shape index (κ1) is 16.1. The summed E-state index contributed by atoms with van der Waals surface area (Å²) in [6.07, 6.45) is 0.425. The monoisotopic (exact) mass is 281 g/mol. The van der Waals surface area contributed by atoms with Crippen molar-refractivity contribution < 1.29 is 19.1 Å². The van der Waals surface area contributed by atoms with Gasteiger partial charge in [-0.05, 0) is 38.0 Å². The number of carbonyl (C=O) groups excluding carboxylic acids is 1. The first-order valence-electron chi connectivity index (χ1n) is 6.48. The lowest BCUT2D eigenvalue weighted by Gasteiger charge is -2.29. The average molecular weight is 281 g/mol. The number of hydrogen-bond acceptors (Lipinski definition) is 2. The van der Waals surface area contributed by atoms with Crippen molar-refractivity contribution in [1.82, 2.24) is 4.90 Å². The zero-order chi connectivity index (χ0) is 15.3. The van der Waals surface area contributed by atoms with Gasteiger partial charge in [-0.3, -0.25) is 9.59 Å². The van der Waals surface area contributed by atoms with Crippen LogP contribution in [-0.4, -0.2) is 35.5 Å². The van der Waals surface area contributed by atoms with Crippen LogP contribution in [0.5, 0.6) is 0 Å². The van der Waals surface area contributed by atoms with E-state index in [1.165, 1.54) is 17.0 Å². The molecule has 0 unspecified atom stereocenters. The van der Waals surface area contributed by atoms with Crippen molar-refractivity contribution in [2.75, 3.05) is 13.6 Å². The van der Waals surface area contributed by atoms with E-state index in [4.69, 9.17) is 5.11 Å². The summed E-state index contributed by atoms with van der Waals surface area (Å²) in [4.78, 5) is 24.4.